The van der Waals surface area contributed by atoms with Crippen molar-refractivity contribution in [3.8, 4) is 0 Å². The first-order valence-corrected chi connectivity index (χ1v) is 4.78. The summed E-state index contributed by atoms with van der Waals surface area (Å²) in [4.78, 5) is 11.6. The number of nitrogens with one attached hydrogen (secondary N) is 1. The molecular formula is C10H17N3O2. The van der Waals surface area contributed by atoms with Gasteiger partial charge in [-0.15, -0.1) is 0 Å². The summed E-state index contributed by atoms with van der Waals surface area (Å²) in [5, 5.41) is 0. The average molecular weight is 211 g/mol. The summed E-state index contributed by atoms with van der Waals surface area (Å²) in [5.41, 5.74) is 10.1. The lowest BCUT2D eigenvalue weighted by atomic mass is 10.3. The summed E-state index contributed by atoms with van der Waals surface area (Å²) in [7, 11) is 1.46. The van der Waals surface area contributed by atoms with Crippen LogP contribution in [0.25, 0.3) is 0 Å². The molecule has 3 N–H and O–H groups in total. The van der Waals surface area contributed by atoms with Gasteiger partial charge in [0.2, 0.25) is 0 Å². The Morgan fingerprint density at radius 1 is 1.53 bits per heavy atom. The SMILES string of the molecule is COC(CN)C(=O)Nn1c(C)ccc1C. The van der Waals surface area contributed by atoms with Gasteiger partial charge in [-0.1, -0.05) is 0 Å². The van der Waals surface area contributed by atoms with E-state index in [0.29, 0.717) is 0 Å². The molecule has 1 unspecified atom stereocenters. The molecule has 0 aliphatic carbocycles. The zero-order valence-electron chi connectivity index (χ0n) is 9.28. The molecule has 5 nitrogen and oxygen atoms in total. The molecule has 1 heterocycles. The summed E-state index contributed by atoms with van der Waals surface area (Å²) in [6, 6.07) is 3.86. The number of carbonyl (C=O) groups is 1. The summed E-state index contributed by atoms with van der Waals surface area (Å²) >= 11 is 0. The van der Waals surface area contributed by atoms with Crippen LogP contribution in [0.3, 0.4) is 0 Å². The number of methoxy groups -OCH3 is 1. The van der Waals surface area contributed by atoms with E-state index in [-0.39, 0.29) is 12.5 Å². The Labute approximate surface area is 89.2 Å². The molecule has 84 valence electrons. The van der Waals surface area contributed by atoms with Gasteiger partial charge in [0, 0.05) is 25.0 Å². The van der Waals surface area contributed by atoms with E-state index in [4.69, 9.17) is 10.5 Å². The highest BCUT2D eigenvalue weighted by Gasteiger charge is 2.16. The van der Waals surface area contributed by atoms with Gasteiger partial charge >= 0.3 is 0 Å². The molecule has 15 heavy (non-hydrogen) atoms. The molecule has 0 aliphatic rings. The molecule has 1 atom stereocenters. The van der Waals surface area contributed by atoms with Crippen LogP contribution in [0.4, 0.5) is 0 Å². The minimum atomic E-state index is -0.605. The van der Waals surface area contributed by atoms with E-state index in [0.717, 1.165) is 11.4 Å². The third kappa shape index (κ3) is 2.57. The highest BCUT2D eigenvalue weighted by atomic mass is 16.5. The van der Waals surface area contributed by atoms with Crippen LogP contribution in [-0.4, -0.2) is 30.3 Å². The Balaban J connectivity index is 2.74. The fourth-order valence-corrected chi connectivity index (χ4v) is 1.34. The lowest BCUT2D eigenvalue weighted by Gasteiger charge is -2.16. The number of carbonyl (C=O) groups excluding carboxylic acids is 1. The maximum Gasteiger partial charge on any atom is 0.269 e. The molecule has 0 bridgehead atoms. The largest absolute Gasteiger partial charge is 0.370 e. The van der Waals surface area contributed by atoms with Gasteiger partial charge in [-0.25, -0.2) is 0 Å². The Morgan fingerprint density at radius 2 is 2.07 bits per heavy atom. The second kappa shape index (κ2) is 4.95. The molecule has 0 fully saturated rings. The molecule has 1 rings (SSSR count). The molecule has 0 radical (unpaired) electrons. The van der Waals surface area contributed by atoms with Crippen LogP contribution in [0.1, 0.15) is 11.4 Å². The van der Waals surface area contributed by atoms with E-state index in [1.807, 2.05) is 26.0 Å². The number of aryl methyl sites for hydroxylation is 2. The molecule has 1 aromatic heterocycles. The normalized spacial score (nSPS) is 12.5. The molecule has 0 saturated heterocycles. The van der Waals surface area contributed by atoms with Crippen LogP contribution >= 0.6 is 0 Å². The van der Waals surface area contributed by atoms with Crippen LogP contribution in [-0.2, 0) is 9.53 Å². The van der Waals surface area contributed by atoms with E-state index in [1.54, 1.807) is 4.68 Å². The summed E-state index contributed by atoms with van der Waals surface area (Å²) in [5.74, 6) is -0.234. The Bertz CT molecular complexity index is 323. The fraction of sp³-hybridized carbons (Fsp3) is 0.500. The van der Waals surface area contributed by atoms with Crippen molar-refractivity contribution in [2.75, 3.05) is 19.1 Å². The number of aromatic nitrogens is 1. The van der Waals surface area contributed by atoms with Gasteiger partial charge in [-0.05, 0) is 26.0 Å². The monoisotopic (exact) mass is 211 g/mol. The first-order valence-electron chi connectivity index (χ1n) is 4.78. The molecule has 0 spiro atoms. The van der Waals surface area contributed by atoms with Crippen LogP contribution in [0, 0.1) is 13.8 Å². The predicted octanol–water partition coefficient (Wildman–Crippen LogP) is 0.149. The van der Waals surface area contributed by atoms with E-state index in [1.165, 1.54) is 7.11 Å². The zero-order chi connectivity index (χ0) is 11.4. The lowest BCUT2D eigenvalue weighted by molar-refractivity contribution is -0.126. The number of amides is 1. The van der Waals surface area contributed by atoms with Crippen molar-refractivity contribution in [3.05, 3.63) is 23.5 Å². The van der Waals surface area contributed by atoms with Crippen molar-refractivity contribution in [1.29, 1.82) is 0 Å². The van der Waals surface area contributed by atoms with Crippen molar-refractivity contribution >= 4 is 5.91 Å². The highest BCUT2D eigenvalue weighted by molar-refractivity contribution is 5.88. The lowest BCUT2D eigenvalue weighted by Crippen LogP contribution is -2.39. The van der Waals surface area contributed by atoms with Crippen molar-refractivity contribution in [2.45, 2.75) is 20.0 Å². The summed E-state index contributed by atoms with van der Waals surface area (Å²) < 4.78 is 6.65. The van der Waals surface area contributed by atoms with Crippen molar-refractivity contribution in [3.63, 3.8) is 0 Å². The first-order chi connectivity index (χ1) is 7.10. The second-order valence-corrected chi connectivity index (χ2v) is 3.39. The van der Waals surface area contributed by atoms with Gasteiger partial charge in [-0.2, -0.15) is 0 Å². The minimum Gasteiger partial charge on any atom is -0.370 e. The van der Waals surface area contributed by atoms with Gasteiger partial charge < -0.3 is 10.5 Å². The van der Waals surface area contributed by atoms with Gasteiger partial charge in [-0.3, -0.25) is 14.9 Å². The van der Waals surface area contributed by atoms with E-state index in [9.17, 15) is 4.79 Å². The first kappa shape index (κ1) is 11.7. The molecular weight excluding hydrogens is 194 g/mol. The average Bonchev–Trinajstić information content (AvgIpc) is 2.51. The van der Waals surface area contributed by atoms with Crippen LogP contribution in [0.2, 0.25) is 0 Å². The Kier molecular flexibility index (Phi) is 3.88. The molecule has 0 aromatic carbocycles. The number of hydrogen-bond acceptors (Lipinski definition) is 3. The van der Waals surface area contributed by atoms with Gasteiger partial charge in [0.15, 0.2) is 0 Å². The molecule has 0 saturated carbocycles. The summed E-state index contributed by atoms with van der Waals surface area (Å²) in [6.45, 7) is 4.00. The van der Waals surface area contributed by atoms with Crippen molar-refractivity contribution in [1.82, 2.24) is 4.68 Å². The minimum absolute atomic E-state index is 0.168. The van der Waals surface area contributed by atoms with E-state index < -0.39 is 6.10 Å². The third-order valence-electron chi connectivity index (χ3n) is 2.28. The van der Waals surface area contributed by atoms with Gasteiger partial charge in [0.1, 0.15) is 6.10 Å². The Morgan fingerprint density at radius 3 is 2.47 bits per heavy atom. The van der Waals surface area contributed by atoms with Gasteiger partial charge in [0.25, 0.3) is 5.91 Å². The number of nitrogens with two attached hydrogens (primary N) is 1. The number of rotatable bonds is 4. The van der Waals surface area contributed by atoms with Crippen LogP contribution in [0.15, 0.2) is 12.1 Å². The zero-order valence-corrected chi connectivity index (χ0v) is 9.28. The maximum absolute atomic E-state index is 11.6. The highest BCUT2D eigenvalue weighted by Crippen LogP contribution is 2.04. The standard InChI is InChI=1S/C10H17N3O2/c1-7-4-5-8(2)13(7)12-10(14)9(6-11)15-3/h4-5,9H,6,11H2,1-3H3,(H,12,14). The summed E-state index contributed by atoms with van der Waals surface area (Å²) in [6.07, 6.45) is -0.605. The molecule has 1 amide bonds. The molecule has 5 heteroatoms. The van der Waals surface area contributed by atoms with Crippen molar-refractivity contribution < 1.29 is 9.53 Å². The van der Waals surface area contributed by atoms with Crippen LogP contribution in [0.5, 0.6) is 0 Å². The van der Waals surface area contributed by atoms with Crippen molar-refractivity contribution in [2.24, 2.45) is 5.73 Å². The fourth-order valence-electron chi connectivity index (χ4n) is 1.34. The molecule has 0 aliphatic heterocycles. The number of ether oxygens (including phenoxy) is 1. The van der Waals surface area contributed by atoms with Crippen LogP contribution < -0.4 is 11.2 Å². The third-order valence-corrected chi connectivity index (χ3v) is 2.28. The van der Waals surface area contributed by atoms with Gasteiger partial charge in [0.05, 0.1) is 0 Å². The smallest absolute Gasteiger partial charge is 0.269 e. The van der Waals surface area contributed by atoms with E-state index >= 15 is 0 Å². The quantitative estimate of drug-likeness (QED) is 0.744. The number of nitrogens with zero attached hydrogens (tertiary/aromatic N) is 1. The number of hydrogen-bond donors (Lipinski definition) is 2. The maximum atomic E-state index is 11.6. The second-order valence-electron chi connectivity index (χ2n) is 3.39. The Hall–Kier alpha value is -1.33. The topological polar surface area (TPSA) is 69.3 Å². The molecule has 1 aromatic rings. The van der Waals surface area contributed by atoms with E-state index in [2.05, 4.69) is 5.43 Å². The predicted molar refractivity (Wildman–Crippen MR) is 58.1 cm³/mol.